The van der Waals surface area contributed by atoms with Crippen molar-refractivity contribution in [3.05, 3.63) is 95.1 Å². The van der Waals surface area contributed by atoms with Crippen molar-refractivity contribution in [1.82, 2.24) is 0 Å². The highest BCUT2D eigenvalue weighted by Gasteiger charge is 2.28. The van der Waals surface area contributed by atoms with Crippen LogP contribution < -0.4 is 4.74 Å². The fourth-order valence-corrected chi connectivity index (χ4v) is 3.38. The highest BCUT2D eigenvalue weighted by molar-refractivity contribution is 6.38. The minimum atomic E-state index is -0.428. The fraction of sp³-hybridized carbons (Fsp3) is 0.120. The van der Waals surface area contributed by atoms with E-state index < -0.39 is 5.97 Å². The van der Waals surface area contributed by atoms with Crippen LogP contribution in [0, 0.1) is 0 Å². The largest absolute Gasteiger partial charge is 0.490 e. The number of ketones is 1. The van der Waals surface area contributed by atoms with Gasteiger partial charge in [-0.15, -0.1) is 0 Å². The van der Waals surface area contributed by atoms with E-state index in [0.29, 0.717) is 16.9 Å². The normalized spacial score (nSPS) is 14.2. The zero-order chi connectivity index (χ0) is 20.4. The molecule has 144 valence electrons. The molecule has 0 amide bonds. The van der Waals surface area contributed by atoms with Gasteiger partial charge in [-0.2, -0.15) is 0 Å². The van der Waals surface area contributed by atoms with Gasteiger partial charge in [0.1, 0.15) is 19.0 Å². The third kappa shape index (κ3) is 3.69. The molecule has 4 rings (SSSR count). The lowest BCUT2D eigenvalue weighted by atomic mass is 9.88. The summed E-state index contributed by atoms with van der Waals surface area (Å²) in [6.07, 6.45) is 5.85. The molecule has 0 atom stereocenters. The summed E-state index contributed by atoms with van der Waals surface area (Å²) in [5.41, 5.74) is 5.76. The number of carbonyl (C=O) groups is 2. The predicted octanol–water partition coefficient (Wildman–Crippen LogP) is 4.63. The van der Waals surface area contributed by atoms with Crippen LogP contribution >= 0.6 is 0 Å². The van der Waals surface area contributed by atoms with E-state index in [1.54, 1.807) is 19.1 Å². The van der Waals surface area contributed by atoms with Gasteiger partial charge in [-0.3, -0.25) is 4.79 Å². The van der Waals surface area contributed by atoms with Gasteiger partial charge in [0, 0.05) is 16.7 Å². The molecule has 0 saturated carbocycles. The summed E-state index contributed by atoms with van der Waals surface area (Å²) in [5, 5.41) is 0. The lowest BCUT2D eigenvalue weighted by Gasteiger charge is -2.15. The summed E-state index contributed by atoms with van der Waals surface area (Å²) in [4.78, 5) is 24.4. The van der Waals surface area contributed by atoms with Crippen molar-refractivity contribution in [2.45, 2.75) is 6.92 Å². The number of hydrogen-bond donors (Lipinski definition) is 0. The zero-order valence-electron chi connectivity index (χ0n) is 16.1. The van der Waals surface area contributed by atoms with Crippen molar-refractivity contribution in [3.8, 4) is 5.75 Å². The fourth-order valence-electron chi connectivity index (χ4n) is 3.38. The van der Waals surface area contributed by atoms with Crippen LogP contribution in [-0.4, -0.2) is 25.0 Å². The van der Waals surface area contributed by atoms with Gasteiger partial charge in [0.05, 0.1) is 0 Å². The number of carbonyl (C=O) groups excluding carboxylic acids is 2. The van der Waals surface area contributed by atoms with Gasteiger partial charge in [-0.25, -0.2) is 4.79 Å². The number of hydrogen-bond acceptors (Lipinski definition) is 4. The van der Waals surface area contributed by atoms with Gasteiger partial charge in [0.15, 0.2) is 5.78 Å². The first-order valence-corrected chi connectivity index (χ1v) is 9.38. The van der Waals surface area contributed by atoms with Crippen molar-refractivity contribution in [1.29, 1.82) is 0 Å². The van der Waals surface area contributed by atoms with Crippen LogP contribution in [-0.2, 0) is 14.3 Å². The molecule has 29 heavy (non-hydrogen) atoms. The number of Topliss-reactive ketones (excluding diaryl/α,β-unsaturated/α-hetero) is 1. The third-order valence-corrected chi connectivity index (χ3v) is 4.85. The molecule has 4 heteroatoms. The standard InChI is InChI=1S/C25H20O4/c1-16(2)25(27)29-14-13-28-19-9-7-17(8-10-19)21-11-12-22-20-6-4-3-5-18(20)15-23(22)24(21)26/h3-12,15H,1,13-14H2,2H3. The van der Waals surface area contributed by atoms with Crippen LogP contribution in [0.4, 0.5) is 0 Å². The molecule has 0 aromatic heterocycles. The molecular weight excluding hydrogens is 364 g/mol. The van der Waals surface area contributed by atoms with E-state index in [1.165, 1.54) is 0 Å². The Labute approximate surface area is 169 Å². The first-order valence-electron chi connectivity index (χ1n) is 9.38. The minimum absolute atomic E-state index is 0.0269. The molecular formula is C25H20O4. The van der Waals surface area contributed by atoms with E-state index in [2.05, 4.69) is 6.58 Å². The molecule has 0 fully saturated rings. The molecule has 0 spiro atoms. The Kier molecular flexibility index (Phi) is 5.00. The Hall–Kier alpha value is -3.66. The Balaban J connectivity index is 1.43. The first kappa shape index (κ1) is 18.7. The third-order valence-electron chi connectivity index (χ3n) is 4.85. The monoisotopic (exact) mass is 384 g/mol. The molecule has 0 heterocycles. The topological polar surface area (TPSA) is 52.6 Å². The predicted molar refractivity (Wildman–Crippen MR) is 113 cm³/mol. The van der Waals surface area contributed by atoms with Gasteiger partial charge >= 0.3 is 5.97 Å². The summed E-state index contributed by atoms with van der Waals surface area (Å²) < 4.78 is 10.6. The van der Waals surface area contributed by atoms with Crippen molar-refractivity contribution >= 4 is 29.0 Å². The molecule has 0 unspecified atom stereocenters. The van der Waals surface area contributed by atoms with Gasteiger partial charge < -0.3 is 9.47 Å². The van der Waals surface area contributed by atoms with Crippen molar-refractivity contribution < 1.29 is 19.1 Å². The maximum atomic E-state index is 13.0. The maximum Gasteiger partial charge on any atom is 0.333 e. The number of rotatable bonds is 6. The van der Waals surface area contributed by atoms with Crippen molar-refractivity contribution in [2.24, 2.45) is 0 Å². The molecule has 4 nitrogen and oxygen atoms in total. The number of ether oxygens (including phenoxy) is 2. The van der Waals surface area contributed by atoms with Gasteiger partial charge in [-0.05, 0) is 53.5 Å². The van der Waals surface area contributed by atoms with Crippen LogP contribution in [0.3, 0.4) is 0 Å². The summed E-state index contributed by atoms with van der Waals surface area (Å²) in [6.45, 7) is 5.53. The van der Waals surface area contributed by atoms with Crippen LogP contribution in [0.25, 0.3) is 17.2 Å². The van der Waals surface area contributed by atoms with Gasteiger partial charge in [0.25, 0.3) is 0 Å². The Morgan fingerprint density at radius 3 is 2.41 bits per heavy atom. The highest BCUT2D eigenvalue weighted by atomic mass is 16.6. The average molecular weight is 384 g/mol. The smallest absolute Gasteiger partial charge is 0.333 e. The maximum absolute atomic E-state index is 13.0. The first-order chi connectivity index (χ1) is 14.0. The molecule has 0 aliphatic heterocycles. The number of esters is 1. The summed E-state index contributed by atoms with van der Waals surface area (Å²) in [7, 11) is 0. The second-order valence-corrected chi connectivity index (χ2v) is 6.92. The molecule has 0 bridgehead atoms. The van der Waals surface area contributed by atoms with Crippen LogP contribution in [0.5, 0.6) is 5.75 Å². The summed E-state index contributed by atoms with van der Waals surface area (Å²) in [6, 6.07) is 15.4. The Morgan fingerprint density at radius 2 is 1.66 bits per heavy atom. The average Bonchev–Trinajstić information content (AvgIpc) is 3.11. The van der Waals surface area contributed by atoms with Crippen molar-refractivity contribution in [3.63, 3.8) is 0 Å². The summed E-state index contributed by atoms with van der Waals surface area (Å²) in [5.74, 6) is 0.245. The van der Waals surface area contributed by atoms with Crippen LogP contribution in [0.2, 0.25) is 0 Å². The second kappa shape index (κ2) is 7.76. The molecule has 0 N–H and O–H groups in total. The SMILES string of the molecule is C=C(C)C(=O)OCCOc1ccc(C2=CC=C3C(=Cc4ccccc43)C2=O)cc1. The quantitative estimate of drug-likeness (QED) is 0.414. The molecule has 0 saturated heterocycles. The molecule has 2 aromatic rings. The molecule has 2 aromatic carbocycles. The second-order valence-electron chi connectivity index (χ2n) is 6.92. The van der Waals surface area contributed by atoms with E-state index in [-0.39, 0.29) is 19.0 Å². The van der Waals surface area contributed by atoms with Gasteiger partial charge in [-0.1, -0.05) is 49.1 Å². The Bertz CT molecular complexity index is 1100. The van der Waals surface area contributed by atoms with Crippen molar-refractivity contribution in [2.75, 3.05) is 13.2 Å². The van der Waals surface area contributed by atoms with E-state index in [1.807, 2.05) is 54.6 Å². The lowest BCUT2D eigenvalue weighted by molar-refractivity contribution is -0.139. The van der Waals surface area contributed by atoms with Crippen LogP contribution in [0.1, 0.15) is 23.6 Å². The number of allylic oxidation sites excluding steroid dienone is 5. The zero-order valence-corrected chi connectivity index (χ0v) is 16.1. The summed E-state index contributed by atoms with van der Waals surface area (Å²) >= 11 is 0. The van der Waals surface area contributed by atoms with Crippen LogP contribution in [0.15, 0.2) is 78.4 Å². The van der Waals surface area contributed by atoms with E-state index in [9.17, 15) is 9.59 Å². The minimum Gasteiger partial charge on any atom is -0.490 e. The highest BCUT2D eigenvalue weighted by Crippen LogP contribution is 2.41. The molecule has 2 aliphatic carbocycles. The molecule has 0 radical (unpaired) electrons. The number of benzene rings is 2. The van der Waals surface area contributed by atoms with Gasteiger partial charge in [0.2, 0.25) is 0 Å². The lowest BCUT2D eigenvalue weighted by Crippen LogP contribution is -2.12. The number of fused-ring (bicyclic) bond motifs is 3. The Morgan fingerprint density at radius 1 is 0.931 bits per heavy atom. The van der Waals surface area contributed by atoms with E-state index in [4.69, 9.17) is 9.47 Å². The van der Waals surface area contributed by atoms with E-state index in [0.717, 1.165) is 27.8 Å². The van der Waals surface area contributed by atoms with E-state index >= 15 is 0 Å². The molecule has 2 aliphatic rings.